The molecule has 0 spiro atoms. The van der Waals surface area contributed by atoms with Crippen molar-refractivity contribution in [2.75, 3.05) is 0 Å². The number of aromatic nitrogens is 4. The largest absolute Gasteiger partial charge is 0.417 e. The third-order valence-corrected chi connectivity index (χ3v) is 3.12. The highest BCUT2D eigenvalue weighted by atomic mass is 32.1. The van der Waals surface area contributed by atoms with Crippen molar-refractivity contribution in [2.45, 2.75) is 6.18 Å². The molecule has 0 fully saturated rings. The second-order valence-electron chi connectivity index (χ2n) is 3.50. The Morgan fingerprint density at radius 2 is 2.00 bits per heavy atom. The zero-order chi connectivity index (χ0) is 12.8. The van der Waals surface area contributed by atoms with Crippen molar-refractivity contribution in [3.63, 3.8) is 0 Å². The van der Waals surface area contributed by atoms with Gasteiger partial charge in [-0.2, -0.15) is 13.2 Å². The fourth-order valence-corrected chi connectivity index (χ4v) is 2.16. The smallest absolute Gasteiger partial charge is 0.280 e. The molecule has 3 aromatic rings. The van der Waals surface area contributed by atoms with Gasteiger partial charge in [0.15, 0.2) is 16.5 Å². The lowest BCUT2D eigenvalue weighted by Crippen LogP contribution is -2.06. The Hall–Kier alpha value is -1.96. The fourth-order valence-electron chi connectivity index (χ4n) is 1.54. The first-order valence-corrected chi connectivity index (χ1v) is 5.75. The van der Waals surface area contributed by atoms with Crippen LogP contribution in [0.3, 0.4) is 0 Å². The molecule has 0 unspecified atom stereocenters. The second kappa shape index (κ2) is 3.77. The highest BCUT2D eigenvalue weighted by Crippen LogP contribution is 2.30. The van der Waals surface area contributed by atoms with E-state index in [0.717, 1.165) is 12.3 Å². The summed E-state index contributed by atoms with van der Waals surface area (Å²) in [7, 11) is 0. The van der Waals surface area contributed by atoms with Crippen LogP contribution in [0.15, 0.2) is 29.9 Å². The number of thiazole rings is 1. The molecule has 0 radical (unpaired) electrons. The van der Waals surface area contributed by atoms with Crippen LogP contribution >= 0.6 is 11.3 Å². The normalized spacial score (nSPS) is 12.2. The maximum absolute atomic E-state index is 12.6. The van der Waals surface area contributed by atoms with E-state index in [4.69, 9.17) is 0 Å². The van der Waals surface area contributed by atoms with E-state index in [1.165, 1.54) is 21.8 Å². The topological polar surface area (TPSA) is 43.1 Å². The summed E-state index contributed by atoms with van der Waals surface area (Å²) in [5.41, 5.74) is -0.388. The summed E-state index contributed by atoms with van der Waals surface area (Å²) < 4.78 is 39.2. The van der Waals surface area contributed by atoms with Gasteiger partial charge in [-0.25, -0.2) is 4.98 Å². The molecule has 3 heterocycles. The average molecular weight is 270 g/mol. The van der Waals surface area contributed by atoms with Crippen molar-refractivity contribution < 1.29 is 13.2 Å². The van der Waals surface area contributed by atoms with E-state index in [2.05, 4.69) is 15.2 Å². The predicted octanol–water partition coefficient (Wildman–Crippen LogP) is 2.87. The number of hydrogen-bond donors (Lipinski definition) is 0. The van der Waals surface area contributed by atoms with E-state index >= 15 is 0 Å². The Morgan fingerprint density at radius 3 is 2.67 bits per heavy atom. The molecular formula is C10H5F3N4S. The highest BCUT2D eigenvalue weighted by molar-refractivity contribution is 7.13. The van der Waals surface area contributed by atoms with Crippen LogP contribution in [-0.4, -0.2) is 19.6 Å². The summed E-state index contributed by atoms with van der Waals surface area (Å²) in [6.07, 6.45) is -1.85. The first kappa shape index (κ1) is 11.1. The summed E-state index contributed by atoms with van der Waals surface area (Å²) >= 11 is 1.29. The zero-order valence-corrected chi connectivity index (χ0v) is 9.53. The Kier molecular flexibility index (Phi) is 2.34. The lowest BCUT2D eigenvalue weighted by atomic mass is 10.3. The monoisotopic (exact) mass is 270 g/mol. The molecule has 0 N–H and O–H groups in total. The maximum atomic E-state index is 12.6. The van der Waals surface area contributed by atoms with Crippen molar-refractivity contribution >= 4 is 17.0 Å². The quantitative estimate of drug-likeness (QED) is 0.683. The van der Waals surface area contributed by atoms with Gasteiger partial charge in [-0.3, -0.25) is 4.40 Å². The summed E-state index contributed by atoms with van der Waals surface area (Å²) in [5, 5.41) is 9.92. The third-order valence-electron chi connectivity index (χ3n) is 2.35. The molecule has 0 aromatic carbocycles. The number of fused-ring (bicyclic) bond motifs is 1. The van der Waals surface area contributed by atoms with Gasteiger partial charge >= 0.3 is 6.18 Å². The molecule has 92 valence electrons. The molecule has 0 bridgehead atoms. The zero-order valence-electron chi connectivity index (χ0n) is 8.72. The summed E-state index contributed by atoms with van der Waals surface area (Å²) in [5.74, 6) is 0.311. The molecule has 0 saturated carbocycles. The Balaban J connectivity index is 2.23. The van der Waals surface area contributed by atoms with E-state index in [9.17, 15) is 13.2 Å². The maximum Gasteiger partial charge on any atom is 0.417 e. The Morgan fingerprint density at radius 1 is 1.17 bits per heavy atom. The lowest BCUT2D eigenvalue weighted by molar-refractivity contribution is -0.137. The van der Waals surface area contributed by atoms with Crippen molar-refractivity contribution in [1.29, 1.82) is 0 Å². The lowest BCUT2D eigenvalue weighted by Gasteiger charge is -2.06. The minimum Gasteiger partial charge on any atom is -0.280 e. The van der Waals surface area contributed by atoms with E-state index < -0.39 is 11.7 Å². The fraction of sp³-hybridized carbons (Fsp3) is 0.100. The van der Waals surface area contributed by atoms with Crippen molar-refractivity contribution in [3.8, 4) is 10.8 Å². The van der Waals surface area contributed by atoms with Crippen LogP contribution in [0.1, 0.15) is 5.56 Å². The van der Waals surface area contributed by atoms with Gasteiger partial charge < -0.3 is 0 Å². The Bertz CT molecular complexity index is 687. The van der Waals surface area contributed by atoms with Crippen molar-refractivity contribution in [2.24, 2.45) is 0 Å². The molecule has 0 aliphatic heterocycles. The molecule has 4 nitrogen and oxygen atoms in total. The van der Waals surface area contributed by atoms with Gasteiger partial charge in [0.05, 0.1) is 5.56 Å². The molecule has 0 aliphatic rings. The molecule has 8 heteroatoms. The summed E-state index contributed by atoms with van der Waals surface area (Å²) in [6.45, 7) is 0. The average Bonchev–Trinajstić information content (AvgIpc) is 2.95. The van der Waals surface area contributed by atoms with Crippen LogP contribution in [-0.2, 0) is 6.18 Å². The number of hydrogen-bond acceptors (Lipinski definition) is 4. The van der Waals surface area contributed by atoms with Crippen LogP contribution in [0.5, 0.6) is 0 Å². The summed E-state index contributed by atoms with van der Waals surface area (Å²) in [4.78, 5) is 4.01. The van der Waals surface area contributed by atoms with E-state index in [1.807, 2.05) is 0 Å². The highest BCUT2D eigenvalue weighted by Gasteiger charge is 2.31. The van der Waals surface area contributed by atoms with Gasteiger partial charge in [-0.05, 0) is 12.1 Å². The molecule has 18 heavy (non-hydrogen) atoms. The van der Waals surface area contributed by atoms with Gasteiger partial charge in [-0.1, -0.05) is 0 Å². The van der Waals surface area contributed by atoms with Crippen molar-refractivity contribution in [1.82, 2.24) is 19.6 Å². The first-order chi connectivity index (χ1) is 8.55. The van der Waals surface area contributed by atoms with Gasteiger partial charge in [0.1, 0.15) is 0 Å². The number of nitrogens with zero attached hydrogens (tertiary/aromatic N) is 4. The van der Waals surface area contributed by atoms with Crippen LogP contribution in [0.25, 0.3) is 16.5 Å². The molecule has 0 aliphatic carbocycles. The standard InChI is InChI=1S/C10H5F3N4S/c11-10(12,13)6-1-2-7-15-16-8(17(7)5-6)9-14-3-4-18-9/h1-5H. The van der Waals surface area contributed by atoms with E-state index in [-0.39, 0.29) is 0 Å². The minimum atomic E-state index is -4.39. The molecule has 0 saturated heterocycles. The first-order valence-electron chi connectivity index (χ1n) is 4.87. The van der Waals surface area contributed by atoms with Crippen LogP contribution < -0.4 is 0 Å². The van der Waals surface area contributed by atoms with Gasteiger partial charge in [0.25, 0.3) is 0 Å². The van der Waals surface area contributed by atoms with Gasteiger partial charge in [-0.15, -0.1) is 21.5 Å². The number of alkyl halides is 3. The molecule has 0 atom stereocenters. The number of pyridine rings is 1. The van der Waals surface area contributed by atoms with Gasteiger partial charge in [0, 0.05) is 17.8 Å². The second-order valence-corrected chi connectivity index (χ2v) is 4.40. The van der Waals surface area contributed by atoms with Crippen molar-refractivity contribution in [3.05, 3.63) is 35.5 Å². The minimum absolute atomic E-state index is 0.311. The van der Waals surface area contributed by atoms with Gasteiger partial charge in [0.2, 0.25) is 0 Å². The molecule has 0 amide bonds. The van der Waals surface area contributed by atoms with Crippen LogP contribution in [0, 0.1) is 0 Å². The number of halogens is 3. The predicted molar refractivity (Wildman–Crippen MR) is 59.1 cm³/mol. The van der Waals surface area contributed by atoms with E-state index in [1.54, 1.807) is 11.6 Å². The van der Waals surface area contributed by atoms with E-state index in [0.29, 0.717) is 16.5 Å². The molecular weight excluding hydrogens is 265 g/mol. The SMILES string of the molecule is FC(F)(F)c1ccc2nnc(-c3nccs3)n2c1. The Labute approximate surface area is 103 Å². The van der Waals surface area contributed by atoms with Crippen LogP contribution in [0.2, 0.25) is 0 Å². The number of rotatable bonds is 1. The third kappa shape index (κ3) is 1.74. The van der Waals surface area contributed by atoms with Crippen LogP contribution in [0.4, 0.5) is 13.2 Å². The molecule has 3 aromatic heterocycles. The summed E-state index contributed by atoms with van der Waals surface area (Å²) in [6, 6.07) is 2.27. The molecule has 3 rings (SSSR count).